The number of aromatic nitrogens is 2. The summed E-state index contributed by atoms with van der Waals surface area (Å²) in [5, 5.41) is 11.0. The predicted octanol–water partition coefficient (Wildman–Crippen LogP) is 6.13. The zero-order chi connectivity index (χ0) is 28.6. The maximum absolute atomic E-state index is 13.0. The molecule has 3 aromatic rings. The maximum Gasteiger partial charge on any atom is 0.252 e. The number of hydrogen-bond donors (Lipinski definition) is 1. The molecular formula is C29H35N5O2S2. The molecule has 0 bridgehead atoms. The minimum atomic E-state index is -3.57. The largest absolute Gasteiger partial charge is 0.364 e. The van der Waals surface area contributed by atoms with Gasteiger partial charge in [0.1, 0.15) is 4.21 Å². The Morgan fingerprint density at radius 1 is 1.26 bits per heavy atom. The summed E-state index contributed by atoms with van der Waals surface area (Å²) in [5.41, 5.74) is 4.37. The summed E-state index contributed by atoms with van der Waals surface area (Å²) in [4.78, 5) is 9.26. The van der Waals surface area contributed by atoms with Crippen molar-refractivity contribution < 1.29 is 8.42 Å². The molecule has 0 unspecified atom stereocenters. The van der Waals surface area contributed by atoms with Crippen molar-refractivity contribution in [3.63, 3.8) is 0 Å². The van der Waals surface area contributed by atoms with E-state index in [1.807, 2.05) is 32.9 Å². The van der Waals surface area contributed by atoms with Crippen molar-refractivity contribution in [3.05, 3.63) is 102 Å². The third-order valence-electron chi connectivity index (χ3n) is 5.22. The molecule has 38 heavy (non-hydrogen) atoms. The molecule has 0 atom stereocenters. The van der Waals surface area contributed by atoms with E-state index < -0.39 is 10.0 Å². The molecule has 0 fully saturated rings. The topological polar surface area (TPSA) is 93.1 Å². The fourth-order valence-corrected chi connectivity index (χ4v) is 6.00. The molecule has 2 aromatic heterocycles. The van der Waals surface area contributed by atoms with Gasteiger partial charge in [0, 0.05) is 31.5 Å². The van der Waals surface area contributed by atoms with Crippen LogP contribution in [0.5, 0.6) is 0 Å². The Balaban J connectivity index is 0.000000566. The summed E-state index contributed by atoms with van der Waals surface area (Å²) >= 11 is 1.22. The van der Waals surface area contributed by atoms with Crippen LogP contribution in [0.1, 0.15) is 37.6 Å². The van der Waals surface area contributed by atoms with Gasteiger partial charge >= 0.3 is 0 Å². The van der Waals surface area contributed by atoms with Crippen molar-refractivity contribution >= 4 is 27.0 Å². The highest BCUT2D eigenvalue weighted by Gasteiger charge is 2.30. The highest BCUT2D eigenvalue weighted by Crippen LogP contribution is 2.31. The predicted molar refractivity (Wildman–Crippen MR) is 158 cm³/mol. The Bertz CT molecular complexity index is 1330. The molecule has 200 valence electrons. The lowest BCUT2D eigenvalue weighted by Crippen LogP contribution is -2.35. The number of allylic oxidation sites excluding steroid dienone is 4. The lowest BCUT2D eigenvalue weighted by Gasteiger charge is -2.24. The second-order valence-corrected chi connectivity index (χ2v) is 10.7. The van der Waals surface area contributed by atoms with Gasteiger partial charge in [-0.25, -0.2) is 13.4 Å². The molecule has 7 nitrogen and oxygen atoms in total. The zero-order valence-corrected chi connectivity index (χ0v) is 23.8. The number of aromatic amines is 1. The van der Waals surface area contributed by atoms with E-state index in [1.165, 1.54) is 15.6 Å². The van der Waals surface area contributed by atoms with Crippen LogP contribution in [-0.4, -0.2) is 35.8 Å². The number of rotatable bonds is 6. The van der Waals surface area contributed by atoms with Crippen molar-refractivity contribution in [1.82, 2.24) is 14.3 Å². The van der Waals surface area contributed by atoms with Gasteiger partial charge < -0.3 is 9.88 Å². The van der Waals surface area contributed by atoms with Crippen molar-refractivity contribution in [2.75, 3.05) is 18.0 Å². The van der Waals surface area contributed by atoms with E-state index in [0.29, 0.717) is 29.4 Å². The molecule has 0 saturated heterocycles. The van der Waals surface area contributed by atoms with Crippen molar-refractivity contribution in [2.24, 2.45) is 0 Å². The van der Waals surface area contributed by atoms with E-state index in [4.69, 9.17) is 0 Å². The Hall–Kier alpha value is -3.89. The van der Waals surface area contributed by atoms with Gasteiger partial charge in [-0.05, 0) is 42.1 Å². The average Bonchev–Trinajstić information content (AvgIpc) is 3.65. The molecule has 0 amide bonds. The number of imidazole rings is 1. The van der Waals surface area contributed by atoms with Crippen LogP contribution < -0.4 is 4.90 Å². The molecule has 0 aliphatic carbocycles. The van der Waals surface area contributed by atoms with E-state index in [2.05, 4.69) is 46.9 Å². The van der Waals surface area contributed by atoms with Crippen LogP contribution in [0.4, 0.5) is 5.69 Å². The Labute approximate surface area is 231 Å². The first-order valence-electron chi connectivity index (χ1n) is 11.9. The van der Waals surface area contributed by atoms with Crippen molar-refractivity contribution in [3.8, 4) is 18.9 Å². The SMILES string of the molecule is C#C.C=C/C=C(/C)C=C.CC.N#Cc1ccc2c(c1)CN(S(=O)(=O)c1cccs1)CCN2Cc1cnc[nH]1. The Kier molecular flexibility index (Phi) is 14.2. The lowest BCUT2D eigenvalue weighted by atomic mass is 10.1. The van der Waals surface area contributed by atoms with E-state index in [0.717, 1.165) is 22.5 Å². The van der Waals surface area contributed by atoms with E-state index in [1.54, 1.807) is 54.3 Å². The monoisotopic (exact) mass is 549 g/mol. The smallest absolute Gasteiger partial charge is 0.252 e. The van der Waals surface area contributed by atoms with Gasteiger partial charge in [-0.3, -0.25) is 0 Å². The number of fused-ring (bicyclic) bond motifs is 1. The third kappa shape index (κ3) is 8.89. The molecule has 3 heterocycles. The van der Waals surface area contributed by atoms with Crippen LogP contribution in [0.3, 0.4) is 0 Å². The van der Waals surface area contributed by atoms with Gasteiger partial charge in [0.2, 0.25) is 0 Å². The number of thiophene rings is 1. The average molecular weight is 550 g/mol. The van der Waals surface area contributed by atoms with Crippen LogP contribution in [0.25, 0.3) is 0 Å². The number of H-pyrrole nitrogens is 1. The second kappa shape index (κ2) is 16.8. The van der Waals surface area contributed by atoms with Crippen molar-refractivity contribution in [2.45, 2.75) is 38.1 Å². The van der Waals surface area contributed by atoms with E-state index in [9.17, 15) is 13.7 Å². The lowest BCUT2D eigenvalue weighted by molar-refractivity contribution is 0.419. The molecular weight excluding hydrogens is 514 g/mol. The maximum atomic E-state index is 13.0. The van der Waals surface area contributed by atoms with Crippen LogP contribution in [0.15, 0.2) is 89.4 Å². The third-order valence-corrected chi connectivity index (χ3v) is 8.44. The molecule has 1 aliphatic rings. The molecule has 1 aromatic carbocycles. The fraction of sp³-hybridized carbons (Fsp3) is 0.241. The Morgan fingerprint density at radius 3 is 2.53 bits per heavy atom. The van der Waals surface area contributed by atoms with Crippen LogP contribution in [0.2, 0.25) is 0 Å². The zero-order valence-electron chi connectivity index (χ0n) is 22.2. The number of nitrogens with one attached hydrogen (secondary N) is 1. The van der Waals surface area contributed by atoms with Gasteiger partial charge in [-0.1, -0.05) is 56.9 Å². The molecule has 1 aliphatic heterocycles. The van der Waals surface area contributed by atoms with Gasteiger partial charge in [0.05, 0.1) is 30.2 Å². The number of nitrogens with zero attached hydrogens (tertiary/aromatic N) is 4. The minimum Gasteiger partial charge on any atom is -0.364 e. The summed E-state index contributed by atoms with van der Waals surface area (Å²) in [7, 11) is -3.57. The summed E-state index contributed by atoms with van der Waals surface area (Å²) in [5.74, 6) is 0. The quantitative estimate of drug-likeness (QED) is 0.295. The van der Waals surface area contributed by atoms with Gasteiger partial charge in [0.15, 0.2) is 0 Å². The summed E-state index contributed by atoms with van der Waals surface area (Å²) in [6.45, 7) is 14.8. The molecule has 0 spiro atoms. The number of anilines is 1. The molecule has 0 saturated carbocycles. The van der Waals surface area contributed by atoms with Gasteiger partial charge in [-0.15, -0.1) is 24.2 Å². The highest BCUT2D eigenvalue weighted by atomic mass is 32.2. The molecule has 9 heteroatoms. The standard InChI is InChI=1S/C18H17N5O2S2.C7H10.C2H6.C2H2/c19-9-14-3-4-17-15(8-14)11-23(27(24,25)18-2-1-7-26-18)6-5-22(17)12-16-10-20-13-21-16;1-4-6-7(3)5-2;2*1-2/h1-4,7-8,10,13H,5-6,11-12H2,(H,20,21);4-6H,1-2H2,3H3;1-2H3;1-2H/b;7-6-;;. The molecule has 0 radical (unpaired) electrons. The summed E-state index contributed by atoms with van der Waals surface area (Å²) in [6, 6.07) is 10.9. The van der Waals surface area contributed by atoms with Crippen LogP contribution >= 0.6 is 11.3 Å². The van der Waals surface area contributed by atoms with Crippen LogP contribution in [-0.2, 0) is 23.1 Å². The van der Waals surface area contributed by atoms with Gasteiger partial charge in [-0.2, -0.15) is 9.57 Å². The number of hydrogen-bond acceptors (Lipinski definition) is 6. The van der Waals surface area contributed by atoms with E-state index in [-0.39, 0.29) is 6.54 Å². The number of benzene rings is 1. The normalized spacial score (nSPS) is 12.9. The second-order valence-electron chi connectivity index (χ2n) is 7.57. The first kappa shape index (κ1) is 32.1. The summed E-state index contributed by atoms with van der Waals surface area (Å²) < 4.78 is 27.9. The van der Waals surface area contributed by atoms with E-state index >= 15 is 0 Å². The van der Waals surface area contributed by atoms with Crippen LogP contribution in [0, 0.1) is 24.2 Å². The van der Waals surface area contributed by atoms with Crippen molar-refractivity contribution in [1.29, 1.82) is 5.26 Å². The minimum absolute atomic E-state index is 0.241. The molecule has 4 rings (SSSR count). The first-order valence-corrected chi connectivity index (χ1v) is 14.2. The van der Waals surface area contributed by atoms with Gasteiger partial charge in [0.25, 0.3) is 10.0 Å². The highest BCUT2D eigenvalue weighted by molar-refractivity contribution is 7.91. The fourth-order valence-electron chi connectivity index (χ4n) is 3.45. The molecule has 1 N–H and O–H groups in total. The number of nitriles is 1. The Morgan fingerprint density at radius 2 is 2.00 bits per heavy atom. The number of sulfonamides is 1. The first-order chi connectivity index (χ1) is 18.4. The number of terminal acetylenes is 1. The summed E-state index contributed by atoms with van der Waals surface area (Å²) in [6.07, 6.45) is 16.8.